The molecule has 0 aromatic heterocycles. The van der Waals surface area contributed by atoms with Crippen molar-refractivity contribution in [3.8, 4) is 5.75 Å². The van der Waals surface area contributed by atoms with Crippen molar-refractivity contribution in [3.63, 3.8) is 0 Å². The van der Waals surface area contributed by atoms with Gasteiger partial charge in [0.1, 0.15) is 5.75 Å². The van der Waals surface area contributed by atoms with Gasteiger partial charge in [-0.05, 0) is 31.0 Å². The Morgan fingerprint density at radius 1 is 1.14 bits per heavy atom. The van der Waals surface area contributed by atoms with Crippen molar-refractivity contribution >= 4 is 11.9 Å². The number of hydrogen-bond donors (Lipinski definition) is 1. The quantitative estimate of drug-likeness (QED) is 0.448. The first-order chi connectivity index (χ1) is 13.7. The third kappa shape index (κ3) is 7.10. The summed E-state index contributed by atoms with van der Waals surface area (Å²) >= 11 is 0. The van der Waals surface area contributed by atoms with Gasteiger partial charge in [-0.3, -0.25) is 9.69 Å². The summed E-state index contributed by atoms with van der Waals surface area (Å²) in [5, 5.41) is 2.92. The van der Waals surface area contributed by atoms with Crippen LogP contribution in [0.5, 0.6) is 5.75 Å². The Morgan fingerprint density at radius 3 is 2.61 bits per heavy atom. The van der Waals surface area contributed by atoms with Crippen molar-refractivity contribution in [2.45, 2.75) is 12.8 Å². The fraction of sp³-hybridized carbons (Fsp3) is 0.600. The zero-order chi connectivity index (χ0) is 20.2. The summed E-state index contributed by atoms with van der Waals surface area (Å²) in [5.41, 5.74) is 0.751. The van der Waals surface area contributed by atoms with Crippen LogP contribution in [-0.2, 0) is 14.2 Å². The number of carbonyl (C=O) groups excluding carboxylic acids is 2. The van der Waals surface area contributed by atoms with Crippen molar-refractivity contribution in [1.82, 2.24) is 10.2 Å². The standard InChI is InChI=1S/C20H30N2O6/c1-25-11-3-4-12-28-18-15-16(20(24)26-2)5-6-17(18)19(23)21-7-8-22-9-13-27-14-10-22/h5-6,15H,3-4,7-14H2,1-2H3,(H,21,23). The van der Waals surface area contributed by atoms with E-state index < -0.39 is 5.97 Å². The summed E-state index contributed by atoms with van der Waals surface area (Å²) in [5.74, 6) is -0.315. The topological polar surface area (TPSA) is 86.3 Å². The number of unbranched alkanes of at least 4 members (excludes halogenated alkanes) is 1. The predicted octanol–water partition coefficient (Wildman–Crippen LogP) is 1.34. The minimum absolute atomic E-state index is 0.225. The lowest BCUT2D eigenvalue weighted by Crippen LogP contribution is -2.41. The molecule has 0 bridgehead atoms. The molecule has 1 fully saturated rings. The molecule has 1 aliphatic heterocycles. The maximum absolute atomic E-state index is 12.6. The van der Waals surface area contributed by atoms with Crippen LogP contribution in [0.2, 0.25) is 0 Å². The van der Waals surface area contributed by atoms with Gasteiger partial charge in [0.05, 0.1) is 38.1 Å². The normalized spacial score (nSPS) is 14.5. The summed E-state index contributed by atoms with van der Waals surface area (Å²) in [6, 6.07) is 4.72. The van der Waals surface area contributed by atoms with Gasteiger partial charge < -0.3 is 24.3 Å². The molecule has 0 spiro atoms. The van der Waals surface area contributed by atoms with Crippen LogP contribution in [0.15, 0.2) is 18.2 Å². The number of nitrogens with one attached hydrogen (secondary N) is 1. The number of benzene rings is 1. The highest BCUT2D eigenvalue weighted by atomic mass is 16.5. The minimum atomic E-state index is -0.469. The molecule has 1 aliphatic rings. The van der Waals surface area contributed by atoms with E-state index in [4.69, 9.17) is 18.9 Å². The molecule has 8 nitrogen and oxygen atoms in total. The van der Waals surface area contributed by atoms with Crippen LogP contribution in [0.4, 0.5) is 0 Å². The second-order valence-corrected chi connectivity index (χ2v) is 6.46. The van der Waals surface area contributed by atoms with Gasteiger partial charge in [-0.15, -0.1) is 0 Å². The number of ether oxygens (including phenoxy) is 4. The highest BCUT2D eigenvalue weighted by Gasteiger charge is 2.17. The van der Waals surface area contributed by atoms with Crippen LogP contribution < -0.4 is 10.1 Å². The molecule has 8 heteroatoms. The molecular weight excluding hydrogens is 364 g/mol. The molecule has 2 rings (SSSR count). The monoisotopic (exact) mass is 394 g/mol. The van der Waals surface area contributed by atoms with Crippen molar-refractivity contribution in [2.75, 3.05) is 66.8 Å². The molecule has 1 N–H and O–H groups in total. The summed E-state index contributed by atoms with van der Waals surface area (Å²) in [7, 11) is 2.97. The lowest BCUT2D eigenvalue weighted by molar-refractivity contribution is 0.0383. The maximum Gasteiger partial charge on any atom is 0.337 e. The van der Waals surface area contributed by atoms with Crippen molar-refractivity contribution in [1.29, 1.82) is 0 Å². The molecule has 1 saturated heterocycles. The van der Waals surface area contributed by atoms with Gasteiger partial charge >= 0.3 is 5.97 Å². The van der Waals surface area contributed by atoms with Crippen molar-refractivity contribution in [3.05, 3.63) is 29.3 Å². The third-order valence-corrected chi connectivity index (χ3v) is 4.46. The van der Waals surface area contributed by atoms with E-state index in [1.54, 1.807) is 25.3 Å². The SMILES string of the molecule is COCCCCOc1cc(C(=O)OC)ccc1C(=O)NCCN1CCOCC1. The van der Waals surface area contributed by atoms with Crippen LogP contribution in [0.3, 0.4) is 0 Å². The molecule has 0 unspecified atom stereocenters. The molecule has 1 aromatic carbocycles. The fourth-order valence-corrected chi connectivity index (χ4v) is 2.85. The first kappa shape index (κ1) is 22.1. The summed E-state index contributed by atoms with van der Waals surface area (Å²) in [6.07, 6.45) is 1.64. The molecular formula is C20H30N2O6. The molecule has 0 saturated carbocycles. The van der Waals surface area contributed by atoms with Crippen LogP contribution in [-0.4, -0.2) is 83.6 Å². The highest BCUT2D eigenvalue weighted by molar-refractivity contribution is 5.99. The average Bonchev–Trinajstić information content (AvgIpc) is 2.73. The number of methoxy groups -OCH3 is 2. The lowest BCUT2D eigenvalue weighted by atomic mass is 10.1. The molecule has 1 amide bonds. The number of nitrogens with zero attached hydrogens (tertiary/aromatic N) is 1. The Kier molecular flexibility index (Phi) is 9.74. The summed E-state index contributed by atoms with van der Waals surface area (Å²) in [4.78, 5) is 26.7. The second-order valence-electron chi connectivity index (χ2n) is 6.46. The highest BCUT2D eigenvalue weighted by Crippen LogP contribution is 2.22. The van der Waals surface area contributed by atoms with Gasteiger partial charge in [0.25, 0.3) is 5.91 Å². The first-order valence-electron chi connectivity index (χ1n) is 9.58. The largest absolute Gasteiger partial charge is 0.493 e. The molecule has 1 aromatic rings. The zero-order valence-corrected chi connectivity index (χ0v) is 16.7. The van der Waals surface area contributed by atoms with Gasteiger partial charge in [-0.25, -0.2) is 4.79 Å². The average molecular weight is 394 g/mol. The van der Waals surface area contributed by atoms with E-state index in [2.05, 4.69) is 10.2 Å². The zero-order valence-electron chi connectivity index (χ0n) is 16.7. The molecule has 0 radical (unpaired) electrons. The second kappa shape index (κ2) is 12.3. The van der Waals surface area contributed by atoms with Crippen molar-refractivity contribution < 1.29 is 28.5 Å². The number of hydrogen-bond acceptors (Lipinski definition) is 7. The Morgan fingerprint density at radius 2 is 1.89 bits per heavy atom. The van der Waals surface area contributed by atoms with E-state index >= 15 is 0 Å². The van der Waals surface area contributed by atoms with E-state index in [0.717, 1.165) is 45.7 Å². The predicted molar refractivity (Wildman–Crippen MR) is 104 cm³/mol. The smallest absolute Gasteiger partial charge is 0.337 e. The van der Waals surface area contributed by atoms with Crippen LogP contribution in [0, 0.1) is 0 Å². The van der Waals surface area contributed by atoms with Crippen LogP contribution in [0.25, 0.3) is 0 Å². The van der Waals surface area contributed by atoms with E-state index in [1.165, 1.54) is 7.11 Å². The molecule has 28 heavy (non-hydrogen) atoms. The van der Waals surface area contributed by atoms with E-state index in [-0.39, 0.29) is 5.91 Å². The summed E-state index contributed by atoms with van der Waals surface area (Å²) < 4.78 is 20.9. The maximum atomic E-state index is 12.6. The lowest BCUT2D eigenvalue weighted by Gasteiger charge is -2.26. The number of carbonyl (C=O) groups is 2. The third-order valence-electron chi connectivity index (χ3n) is 4.46. The number of morpholine rings is 1. The van der Waals surface area contributed by atoms with Gasteiger partial charge in [-0.2, -0.15) is 0 Å². The Balaban J connectivity index is 1.96. The van der Waals surface area contributed by atoms with E-state index in [0.29, 0.717) is 36.6 Å². The number of amides is 1. The van der Waals surface area contributed by atoms with Gasteiger partial charge in [-0.1, -0.05) is 0 Å². The Bertz CT molecular complexity index is 631. The van der Waals surface area contributed by atoms with Gasteiger partial charge in [0.15, 0.2) is 0 Å². The minimum Gasteiger partial charge on any atom is -0.493 e. The van der Waals surface area contributed by atoms with E-state index in [1.807, 2.05) is 0 Å². The molecule has 1 heterocycles. The van der Waals surface area contributed by atoms with Crippen LogP contribution in [0.1, 0.15) is 33.6 Å². The number of rotatable bonds is 11. The van der Waals surface area contributed by atoms with E-state index in [9.17, 15) is 9.59 Å². The number of esters is 1. The molecule has 0 atom stereocenters. The van der Waals surface area contributed by atoms with Gasteiger partial charge in [0, 0.05) is 39.9 Å². The van der Waals surface area contributed by atoms with Gasteiger partial charge in [0.2, 0.25) is 0 Å². The first-order valence-corrected chi connectivity index (χ1v) is 9.58. The molecule has 0 aliphatic carbocycles. The summed E-state index contributed by atoms with van der Waals surface area (Å²) in [6.45, 7) is 5.59. The molecule has 156 valence electrons. The Hall–Kier alpha value is -2.16. The Labute approximate surface area is 166 Å². The van der Waals surface area contributed by atoms with Crippen LogP contribution >= 0.6 is 0 Å². The fourth-order valence-electron chi connectivity index (χ4n) is 2.85. The van der Waals surface area contributed by atoms with Crippen molar-refractivity contribution in [2.24, 2.45) is 0 Å².